The predicted octanol–water partition coefficient (Wildman–Crippen LogP) is 3.33. The van der Waals surface area contributed by atoms with Gasteiger partial charge in [0.25, 0.3) is 5.91 Å². The minimum atomic E-state index is -0.0786. The van der Waals surface area contributed by atoms with Crippen molar-refractivity contribution in [2.24, 2.45) is 0 Å². The molecule has 2 N–H and O–H groups in total. The van der Waals surface area contributed by atoms with Crippen molar-refractivity contribution < 1.29 is 4.79 Å². The molecule has 2 aromatic carbocycles. The van der Waals surface area contributed by atoms with Crippen molar-refractivity contribution in [1.82, 2.24) is 19.9 Å². The second-order valence-corrected chi connectivity index (χ2v) is 5.85. The summed E-state index contributed by atoms with van der Waals surface area (Å²) in [6, 6.07) is 19.4. The molecule has 0 radical (unpaired) electrons. The largest absolute Gasteiger partial charge is 0.352 e. The summed E-state index contributed by atoms with van der Waals surface area (Å²) >= 11 is 0. The second kappa shape index (κ2) is 6.65. The lowest BCUT2D eigenvalue weighted by Crippen LogP contribution is -2.26. The van der Waals surface area contributed by atoms with Gasteiger partial charge in [-0.25, -0.2) is 4.98 Å². The SMILES string of the molecule is O=C(NCCc1nc2ccccc2[nH]1)c1cccc(-n2cccc2)c1. The molecule has 0 aliphatic carbocycles. The van der Waals surface area contributed by atoms with Crippen LogP contribution in [-0.4, -0.2) is 27.0 Å². The highest BCUT2D eigenvalue weighted by Gasteiger charge is 2.07. The van der Waals surface area contributed by atoms with Crippen molar-refractivity contribution in [2.45, 2.75) is 6.42 Å². The molecule has 4 rings (SSSR count). The Hall–Kier alpha value is -3.34. The first-order chi connectivity index (χ1) is 12.3. The minimum Gasteiger partial charge on any atom is -0.352 e. The molecule has 0 aliphatic heterocycles. The third-order valence-electron chi connectivity index (χ3n) is 4.10. The van der Waals surface area contributed by atoms with Crippen LogP contribution in [0.5, 0.6) is 0 Å². The number of nitrogens with one attached hydrogen (secondary N) is 2. The Morgan fingerprint density at radius 3 is 2.72 bits per heavy atom. The second-order valence-electron chi connectivity index (χ2n) is 5.85. The Kier molecular flexibility index (Phi) is 4.04. The van der Waals surface area contributed by atoms with Gasteiger partial charge in [-0.1, -0.05) is 18.2 Å². The fraction of sp³-hybridized carbons (Fsp3) is 0.100. The summed E-state index contributed by atoms with van der Waals surface area (Å²) in [4.78, 5) is 20.2. The lowest BCUT2D eigenvalue weighted by atomic mass is 10.2. The molecule has 0 atom stereocenters. The Balaban J connectivity index is 1.39. The number of amides is 1. The maximum absolute atomic E-state index is 12.4. The first-order valence-electron chi connectivity index (χ1n) is 8.25. The molecule has 2 heterocycles. The highest BCUT2D eigenvalue weighted by atomic mass is 16.1. The number of para-hydroxylation sites is 2. The number of H-pyrrole nitrogens is 1. The molecule has 0 fully saturated rings. The molecule has 0 spiro atoms. The van der Waals surface area contributed by atoms with Crippen LogP contribution < -0.4 is 5.32 Å². The van der Waals surface area contributed by atoms with Crippen LogP contribution in [0.3, 0.4) is 0 Å². The molecule has 0 saturated heterocycles. The molecule has 0 unspecified atom stereocenters. The number of hydrogen-bond donors (Lipinski definition) is 2. The molecule has 124 valence electrons. The number of nitrogens with zero attached hydrogens (tertiary/aromatic N) is 2. The van der Waals surface area contributed by atoms with Crippen LogP contribution in [0.2, 0.25) is 0 Å². The van der Waals surface area contributed by atoms with Crippen molar-refractivity contribution in [3.05, 3.63) is 84.4 Å². The third-order valence-corrected chi connectivity index (χ3v) is 4.10. The van der Waals surface area contributed by atoms with Gasteiger partial charge in [-0.3, -0.25) is 4.79 Å². The average Bonchev–Trinajstić information content (AvgIpc) is 3.31. The van der Waals surface area contributed by atoms with Crippen molar-refractivity contribution in [3.8, 4) is 5.69 Å². The lowest BCUT2D eigenvalue weighted by Gasteiger charge is -2.07. The summed E-state index contributed by atoms with van der Waals surface area (Å²) in [7, 11) is 0. The van der Waals surface area contributed by atoms with Crippen LogP contribution >= 0.6 is 0 Å². The van der Waals surface area contributed by atoms with Crippen LogP contribution in [0.4, 0.5) is 0 Å². The van der Waals surface area contributed by atoms with E-state index in [0.29, 0.717) is 18.5 Å². The van der Waals surface area contributed by atoms with Crippen molar-refractivity contribution in [1.29, 1.82) is 0 Å². The van der Waals surface area contributed by atoms with Crippen molar-refractivity contribution in [3.63, 3.8) is 0 Å². The summed E-state index contributed by atoms with van der Waals surface area (Å²) < 4.78 is 1.98. The molecule has 1 amide bonds. The molecule has 25 heavy (non-hydrogen) atoms. The van der Waals surface area contributed by atoms with Gasteiger partial charge >= 0.3 is 0 Å². The zero-order valence-electron chi connectivity index (χ0n) is 13.6. The van der Waals surface area contributed by atoms with Gasteiger partial charge in [-0.15, -0.1) is 0 Å². The average molecular weight is 330 g/mol. The molecule has 5 nitrogen and oxygen atoms in total. The van der Waals surface area contributed by atoms with Gasteiger partial charge in [0.15, 0.2) is 0 Å². The number of rotatable bonds is 5. The maximum atomic E-state index is 12.4. The molecule has 0 saturated carbocycles. The molecular weight excluding hydrogens is 312 g/mol. The number of imidazole rings is 1. The number of benzene rings is 2. The van der Waals surface area contributed by atoms with E-state index in [1.54, 1.807) is 0 Å². The minimum absolute atomic E-state index is 0.0786. The van der Waals surface area contributed by atoms with Gasteiger partial charge in [0.05, 0.1) is 11.0 Å². The summed E-state index contributed by atoms with van der Waals surface area (Å²) in [6.45, 7) is 0.534. The number of fused-ring (bicyclic) bond motifs is 1. The zero-order chi connectivity index (χ0) is 17.1. The van der Waals surface area contributed by atoms with E-state index in [4.69, 9.17) is 0 Å². The Morgan fingerprint density at radius 2 is 1.88 bits per heavy atom. The highest BCUT2D eigenvalue weighted by Crippen LogP contribution is 2.12. The van der Waals surface area contributed by atoms with E-state index in [-0.39, 0.29) is 5.91 Å². The first kappa shape index (κ1) is 15.2. The Labute approximate surface area is 145 Å². The van der Waals surface area contributed by atoms with E-state index in [0.717, 1.165) is 22.5 Å². The number of hydrogen-bond acceptors (Lipinski definition) is 2. The Morgan fingerprint density at radius 1 is 1.04 bits per heavy atom. The van der Waals surface area contributed by atoms with Crippen LogP contribution in [0.15, 0.2) is 73.1 Å². The van der Waals surface area contributed by atoms with Crippen LogP contribution in [0, 0.1) is 0 Å². The maximum Gasteiger partial charge on any atom is 0.251 e. The fourth-order valence-corrected chi connectivity index (χ4v) is 2.83. The Bertz CT molecular complexity index is 968. The molecular formula is C20H18N4O. The topological polar surface area (TPSA) is 62.7 Å². The smallest absolute Gasteiger partial charge is 0.251 e. The van der Waals surface area contributed by atoms with Gasteiger partial charge in [-0.05, 0) is 42.5 Å². The molecule has 5 heteroatoms. The van der Waals surface area contributed by atoms with Gasteiger partial charge in [0.1, 0.15) is 5.82 Å². The van der Waals surface area contributed by atoms with E-state index in [1.807, 2.05) is 77.6 Å². The standard InChI is InChI=1S/C20H18N4O/c25-20(15-6-5-7-16(14-15)24-12-3-4-13-24)21-11-10-19-22-17-8-1-2-9-18(17)23-19/h1-9,12-14H,10-11H2,(H,21,25)(H,22,23). The van der Waals surface area contributed by atoms with Crippen LogP contribution in [0.25, 0.3) is 16.7 Å². The summed E-state index contributed by atoms with van der Waals surface area (Å²) in [6.07, 6.45) is 4.58. The molecule has 0 aliphatic rings. The van der Waals surface area contributed by atoms with Crippen LogP contribution in [-0.2, 0) is 6.42 Å². The fourth-order valence-electron chi connectivity index (χ4n) is 2.83. The summed E-state index contributed by atoms with van der Waals surface area (Å²) in [5, 5.41) is 2.96. The van der Waals surface area contributed by atoms with E-state index >= 15 is 0 Å². The van der Waals surface area contributed by atoms with Gasteiger partial charge in [-0.2, -0.15) is 0 Å². The molecule has 0 bridgehead atoms. The first-order valence-corrected chi connectivity index (χ1v) is 8.25. The number of aromatic nitrogens is 3. The highest BCUT2D eigenvalue weighted by molar-refractivity contribution is 5.94. The zero-order valence-corrected chi connectivity index (χ0v) is 13.6. The van der Waals surface area contributed by atoms with Gasteiger partial charge in [0.2, 0.25) is 0 Å². The number of carbonyl (C=O) groups excluding carboxylic acids is 1. The number of aromatic amines is 1. The number of carbonyl (C=O) groups is 1. The predicted molar refractivity (Wildman–Crippen MR) is 97.9 cm³/mol. The van der Waals surface area contributed by atoms with E-state index < -0.39 is 0 Å². The quantitative estimate of drug-likeness (QED) is 0.589. The van der Waals surface area contributed by atoms with Gasteiger partial charge in [0, 0.05) is 36.6 Å². The molecule has 4 aromatic rings. The lowest BCUT2D eigenvalue weighted by molar-refractivity contribution is 0.0954. The monoisotopic (exact) mass is 330 g/mol. The van der Waals surface area contributed by atoms with Crippen LogP contribution in [0.1, 0.15) is 16.2 Å². The van der Waals surface area contributed by atoms with E-state index in [1.165, 1.54) is 0 Å². The van der Waals surface area contributed by atoms with Crippen molar-refractivity contribution in [2.75, 3.05) is 6.54 Å². The molecule has 2 aromatic heterocycles. The normalized spacial score (nSPS) is 10.9. The third kappa shape index (κ3) is 3.30. The van der Waals surface area contributed by atoms with E-state index in [9.17, 15) is 4.79 Å². The van der Waals surface area contributed by atoms with Gasteiger partial charge < -0.3 is 14.9 Å². The van der Waals surface area contributed by atoms with Crippen molar-refractivity contribution >= 4 is 16.9 Å². The summed E-state index contributed by atoms with van der Waals surface area (Å²) in [5.41, 5.74) is 3.58. The van der Waals surface area contributed by atoms with E-state index in [2.05, 4.69) is 15.3 Å². The summed E-state index contributed by atoms with van der Waals surface area (Å²) in [5.74, 6) is 0.799.